The van der Waals surface area contributed by atoms with Gasteiger partial charge in [0.1, 0.15) is 6.04 Å². The molecule has 2 aromatic heterocycles. The van der Waals surface area contributed by atoms with Gasteiger partial charge in [0.25, 0.3) is 0 Å². The fourth-order valence-electron chi connectivity index (χ4n) is 3.70. The molecule has 1 amide bonds. The summed E-state index contributed by atoms with van der Waals surface area (Å²) < 4.78 is 34.3. The van der Waals surface area contributed by atoms with Gasteiger partial charge in [0, 0.05) is 31.1 Å². The Hall–Kier alpha value is -2.73. The molecule has 4 rings (SSSR count). The fourth-order valence-corrected chi connectivity index (χ4v) is 6.14. The molecule has 1 unspecified atom stereocenters. The molecule has 2 N–H and O–H groups in total. The highest BCUT2D eigenvalue weighted by atomic mass is 35.5. The lowest BCUT2D eigenvalue weighted by Gasteiger charge is -2.21. The van der Waals surface area contributed by atoms with Crippen LogP contribution in [0, 0.1) is 6.92 Å². The molecule has 1 atom stereocenters. The first-order chi connectivity index (χ1) is 15.7. The largest absolute Gasteiger partial charge is 0.480 e. The van der Waals surface area contributed by atoms with E-state index in [1.54, 1.807) is 36.1 Å². The Morgan fingerprint density at radius 1 is 1.36 bits per heavy atom. The number of hydrogen-bond acceptors (Lipinski definition) is 7. The van der Waals surface area contributed by atoms with Crippen molar-refractivity contribution >= 4 is 50.5 Å². The van der Waals surface area contributed by atoms with Crippen LogP contribution in [0.1, 0.15) is 24.1 Å². The van der Waals surface area contributed by atoms with Crippen LogP contribution in [0.5, 0.6) is 0 Å². The Bertz CT molecular complexity index is 1320. The zero-order valence-corrected chi connectivity index (χ0v) is 19.8. The van der Waals surface area contributed by atoms with E-state index in [0.717, 1.165) is 4.88 Å². The lowest BCUT2D eigenvalue weighted by molar-refractivity contribution is -0.139. The second kappa shape index (κ2) is 9.26. The molecule has 1 saturated heterocycles. The van der Waals surface area contributed by atoms with E-state index in [0.29, 0.717) is 40.7 Å². The minimum absolute atomic E-state index is 0.0714. The van der Waals surface area contributed by atoms with E-state index in [1.165, 1.54) is 23.5 Å². The zero-order chi connectivity index (χ0) is 23.8. The number of thiophene rings is 1. The minimum Gasteiger partial charge on any atom is -0.480 e. The van der Waals surface area contributed by atoms with Crippen LogP contribution >= 0.6 is 22.9 Å². The van der Waals surface area contributed by atoms with Crippen molar-refractivity contribution in [2.75, 3.05) is 11.4 Å². The Labute approximate surface area is 199 Å². The highest BCUT2D eigenvalue weighted by Crippen LogP contribution is 2.32. The normalized spacial score (nSPS) is 15.2. The molecule has 174 valence electrons. The molecule has 1 aromatic carbocycles. The molecule has 1 aliphatic rings. The number of carboxylic acid groups (broad SMARTS) is 1. The van der Waals surface area contributed by atoms with Gasteiger partial charge in [-0.1, -0.05) is 22.8 Å². The van der Waals surface area contributed by atoms with Gasteiger partial charge < -0.3 is 14.5 Å². The van der Waals surface area contributed by atoms with Crippen LogP contribution in [-0.2, 0) is 26.0 Å². The summed E-state index contributed by atoms with van der Waals surface area (Å²) in [5.74, 6) is -1.02. The number of carboxylic acids is 1. The Kier molecular flexibility index (Phi) is 6.57. The Morgan fingerprint density at radius 3 is 2.79 bits per heavy atom. The van der Waals surface area contributed by atoms with Crippen LogP contribution in [0.15, 0.2) is 45.8 Å². The first kappa shape index (κ1) is 23.4. The average Bonchev–Trinajstić information content (AvgIpc) is 3.49. The van der Waals surface area contributed by atoms with E-state index in [9.17, 15) is 23.1 Å². The third-order valence-corrected chi connectivity index (χ3v) is 8.15. The van der Waals surface area contributed by atoms with Crippen molar-refractivity contribution in [1.29, 1.82) is 0 Å². The molecule has 33 heavy (non-hydrogen) atoms. The van der Waals surface area contributed by atoms with Crippen molar-refractivity contribution in [2.24, 2.45) is 0 Å². The first-order valence-electron chi connectivity index (χ1n) is 10.0. The van der Waals surface area contributed by atoms with E-state index in [2.05, 4.69) is 9.88 Å². The first-order valence-corrected chi connectivity index (χ1v) is 12.7. The van der Waals surface area contributed by atoms with Crippen molar-refractivity contribution in [1.82, 2.24) is 9.88 Å². The molecule has 0 saturated carbocycles. The number of carbonyl (C=O) groups is 2. The van der Waals surface area contributed by atoms with Crippen LogP contribution in [0.25, 0.3) is 10.6 Å². The van der Waals surface area contributed by atoms with Gasteiger partial charge in [0.15, 0.2) is 5.76 Å². The lowest BCUT2D eigenvalue weighted by atomic mass is 10.1. The number of aliphatic carboxylic acids is 1. The maximum atomic E-state index is 13.1. The van der Waals surface area contributed by atoms with Gasteiger partial charge in [-0.25, -0.2) is 8.42 Å². The number of hydrogen-bond donors (Lipinski definition) is 2. The molecule has 12 heteroatoms. The Balaban J connectivity index is 1.56. The number of nitrogens with zero attached hydrogens (tertiary/aromatic N) is 2. The van der Waals surface area contributed by atoms with Crippen LogP contribution in [-0.4, -0.2) is 43.1 Å². The third-order valence-electron chi connectivity index (χ3n) is 5.29. The zero-order valence-electron chi connectivity index (χ0n) is 17.4. The van der Waals surface area contributed by atoms with Crippen LogP contribution in [0.3, 0.4) is 0 Å². The molecule has 3 heterocycles. The van der Waals surface area contributed by atoms with E-state index < -0.39 is 22.0 Å². The Morgan fingerprint density at radius 2 is 2.15 bits per heavy atom. The molecule has 0 aliphatic carbocycles. The maximum Gasteiger partial charge on any atom is 0.322 e. The van der Waals surface area contributed by atoms with E-state index in [1.807, 2.05) is 0 Å². The number of sulfonamides is 1. The summed E-state index contributed by atoms with van der Waals surface area (Å²) in [4.78, 5) is 26.2. The fraction of sp³-hybridized carbons (Fsp3) is 0.286. The van der Waals surface area contributed by atoms with Crippen molar-refractivity contribution in [2.45, 2.75) is 37.1 Å². The topological polar surface area (TPSA) is 130 Å². The van der Waals surface area contributed by atoms with E-state index in [4.69, 9.17) is 16.1 Å². The predicted molar refractivity (Wildman–Crippen MR) is 123 cm³/mol. The van der Waals surface area contributed by atoms with Crippen molar-refractivity contribution in [3.8, 4) is 10.6 Å². The number of benzene rings is 1. The summed E-state index contributed by atoms with van der Waals surface area (Å²) in [6, 6.07) is 8.12. The lowest BCUT2D eigenvalue weighted by Crippen LogP contribution is -2.42. The standard InChI is InChI=1S/C21H20ClN3O6S2/c1-12-15(25-9-3-6-20(25)26)4-2-5-18(12)33(29,30)24-14(21(27)28)10-13-11-16(31-23-13)17-7-8-19(22)32-17/h2,4-5,7-8,11,14,24H,3,6,9-10H2,1H3,(H,27,28). The molecule has 3 aromatic rings. The number of anilines is 1. The molecule has 1 aliphatic heterocycles. The van der Waals surface area contributed by atoms with Gasteiger partial charge in [-0.15, -0.1) is 11.3 Å². The van der Waals surface area contributed by atoms with Crippen LogP contribution in [0.2, 0.25) is 4.34 Å². The second-order valence-electron chi connectivity index (χ2n) is 7.55. The number of rotatable bonds is 8. The van der Waals surface area contributed by atoms with E-state index >= 15 is 0 Å². The van der Waals surface area contributed by atoms with Crippen molar-refractivity contribution in [3.63, 3.8) is 0 Å². The molecule has 1 fully saturated rings. The number of amides is 1. The summed E-state index contributed by atoms with van der Waals surface area (Å²) in [6.45, 7) is 2.11. The number of carbonyl (C=O) groups excluding carboxylic acids is 1. The smallest absolute Gasteiger partial charge is 0.322 e. The van der Waals surface area contributed by atoms with Gasteiger partial charge in [-0.3, -0.25) is 9.59 Å². The predicted octanol–water partition coefficient (Wildman–Crippen LogP) is 3.47. The van der Waals surface area contributed by atoms with Gasteiger partial charge in [-0.2, -0.15) is 4.72 Å². The van der Waals surface area contributed by atoms with Gasteiger partial charge in [-0.05, 0) is 43.2 Å². The van der Waals surface area contributed by atoms with Crippen molar-refractivity contribution < 1.29 is 27.6 Å². The highest BCUT2D eigenvalue weighted by molar-refractivity contribution is 7.89. The molecule has 0 bridgehead atoms. The molecular formula is C21H20ClN3O6S2. The summed E-state index contributed by atoms with van der Waals surface area (Å²) in [7, 11) is -4.21. The monoisotopic (exact) mass is 509 g/mol. The summed E-state index contributed by atoms with van der Waals surface area (Å²) in [6.07, 6.45) is 0.888. The minimum atomic E-state index is -4.21. The van der Waals surface area contributed by atoms with Gasteiger partial charge >= 0.3 is 5.97 Å². The van der Waals surface area contributed by atoms with Crippen molar-refractivity contribution in [3.05, 3.63) is 52.0 Å². The number of nitrogens with one attached hydrogen (secondary N) is 1. The average molecular weight is 510 g/mol. The number of halogens is 1. The van der Waals surface area contributed by atoms with Gasteiger partial charge in [0.05, 0.1) is 19.8 Å². The molecule has 0 spiro atoms. The van der Waals surface area contributed by atoms with E-state index in [-0.39, 0.29) is 22.9 Å². The highest BCUT2D eigenvalue weighted by Gasteiger charge is 2.30. The quantitative estimate of drug-likeness (QED) is 0.475. The van der Waals surface area contributed by atoms with Crippen LogP contribution < -0.4 is 9.62 Å². The van der Waals surface area contributed by atoms with Gasteiger partial charge in [0.2, 0.25) is 15.9 Å². The molecule has 0 radical (unpaired) electrons. The third kappa shape index (κ3) is 4.96. The summed E-state index contributed by atoms with van der Waals surface area (Å²) in [5.41, 5.74) is 1.16. The SMILES string of the molecule is Cc1c(N2CCCC2=O)cccc1S(=O)(=O)NC(Cc1cc(-c2ccc(Cl)s2)on1)C(=O)O. The summed E-state index contributed by atoms with van der Waals surface area (Å²) in [5, 5.41) is 13.5. The molecule has 9 nitrogen and oxygen atoms in total. The maximum absolute atomic E-state index is 13.1. The number of aromatic nitrogens is 1. The second-order valence-corrected chi connectivity index (χ2v) is 10.9. The molecular weight excluding hydrogens is 490 g/mol. The van der Waals surface area contributed by atoms with Crippen LogP contribution in [0.4, 0.5) is 5.69 Å². The summed E-state index contributed by atoms with van der Waals surface area (Å²) >= 11 is 7.20.